The third kappa shape index (κ3) is 4.00. The minimum atomic E-state index is 0.646. The Balaban J connectivity index is 1.61. The van der Waals surface area contributed by atoms with Crippen LogP contribution >= 0.6 is 0 Å². The summed E-state index contributed by atoms with van der Waals surface area (Å²) < 4.78 is 2.34. The number of rotatable bonds is 5. The van der Waals surface area contributed by atoms with Crippen LogP contribution in [0.15, 0.2) is 152 Å². The Labute approximate surface area is 233 Å². The van der Waals surface area contributed by atoms with Crippen LogP contribution in [0.25, 0.3) is 38.6 Å². The Bertz CT molecular complexity index is 1940. The fourth-order valence-electron chi connectivity index (χ4n) is 5.58. The normalized spacial score (nSPS) is 11.0. The highest BCUT2D eigenvalue weighted by Crippen LogP contribution is 2.45. The molecule has 0 atom stereocenters. The lowest BCUT2D eigenvalue weighted by molar-refractivity contribution is 1.18. The molecule has 0 aliphatic carbocycles. The van der Waals surface area contributed by atoms with Gasteiger partial charge in [-0.05, 0) is 72.3 Å². The molecule has 3 nitrogen and oxygen atoms in total. The number of nitriles is 1. The molecule has 0 aliphatic rings. The second kappa shape index (κ2) is 9.94. The first kappa shape index (κ1) is 23.5. The summed E-state index contributed by atoms with van der Waals surface area (Å²) >= 11 is 0. The molecule has 0 fully saturated rings. The number of benzene rings is 6. The zero-order valence-electron chi connectivity index (χ0n) is 21.8. The van der Waals surface area contributed by atoms with Gasteiger partial charge in [-0.2, -0.15) is 5.26 Å². The minimum Gasteiger partial charge on any atom is -0.310 e. The van der Waals surface area contributed by atoms with Crippen molar-refractivity contribution < 1.29 is 0 Å². The number of hydrogen-bond acceptors (Lipinski definition) is 2. The fraction of sp³-hybridized carbons (Fsp3) is 0. The lowest BCUT2D eigenvalue weighted by Gasteiger charge is -2.28. The van der Waals surface area contributed by atoms with Crippen molar-refractivity contribution in [1.29, 1.82) is 5.26 Å². The maximum atomic E-state index is 9.46. The molecule has 0 radical (unpaired) electrons. The minimum absolute atomic E-state index is 0.646. The summed E-state index contributed by atoms with van der Waals surface area (Å²) in [7, 11) is 0. The monoisotopic (exact) mass is 511 g/mol. The maximum absolute atomic E-state index is 9.46. The van der Waals surface area contributed by atoms with E-state index in [-0.39, 0.29) is 0 Å². The summed E-state index contributed by atoms with van der Waals surface area (Å²) in [5.74, 6) is 0. The van der Waals surface area contributed by atoms with E-state index in [1.807, 2.05) is 36.4 Å². The molecule has 188 valence electrons. The molecular formula is C37H25N3. The highest BCUT2D eigenvalue weighted by Gasteiger charge is 2.21. The van der Waals surface area contributed by atoms with Crippen molar-refractivity contribution in [2.75, 3.05) is 4.90 Å². The van der Waals surface area contributed by atoms with Gasteiger partial charge in [0.05, 0.1) is 28.4 Å². The Kier molecular flexibility index (Phi) is 5.85. The molecule has 0 aliphatic heterocycles. The van der Waals surface area contributed by atoms with Gasteiger partial charge in [-0.1, -0.05) is 84.9 Å². The molecule has 0 spiro atoms. The van der Waals surface area contributed by atoms with Crippen LogP contribution in [0.2, 0.25) is 0 Å². The van der Waals surface area contributed by atoms with Crippen LogP contribution in [-0.4, -0.2) is 4.57 Å². The zero-order valence-corrected chi connectivity index (χ0v) is 21.8. The molecule has 0 N–H and O–H groups in total. The number of fused-ring (bicyclic) bond motifs is 3. The summed E-state index contributed by atoms with van der Waals surface area (Å²) in [6.07, 6.45) is 0. The van der Waals surface area contributed by atoms with Gasteiger partial charge >= 0.3 is 0 Å². The SMILES string of the molecule is N#Cc1ccc(-c2cc3c(cc2N(c2ccccc2)c2ccccc2)c2ccccc2n3-c2ccccc2)cc1. The van der Waals surface area contributed by atoms with E-state index >= 15 is 0 Å². The van der Waals surface area contributed by atoms with Gasteiger partial charge in [0.15, 0.2) is 0 Å². The van der Waals surface area contributed by atoms with Crippen LogP contribution in [-0.2, 0) is 0 Å². The van der Waals surface area contributed by atoms with Gasteiger partial charge in [0.25, 0.3) is 0 Å². The first-order chi connectivity index (χ1) is 19.8. The highest BCUT2D eigenvalue weighted by molar-refractivity contribution is 6.13. The predicted octanol–water partition coefficient (Wildman–Crippen LogP) is 9.79. The van der Waals surface area contributed by atoms with Crippen LogP contribution in [0.5, 0.6) is 0 Å². The molecule has 40 heavy (non-hydrogen) atoms. The van der Waals surface area contributed by atoms with Crippen LogP contribution in [0.4, 0.5) is 17.1 Å². The lowest BCUT2D eigenvalue weighted by atomic mass is 9.98. The van der Waals surface area contributed by atoms with Gasteiger partial charge in [-0.25, -0.2) is 0 Å². The Morgan fingerprint density at radius 1 is 0.525 bits per heavy atom. The molecule has 1 heterocycles. The lowest BCUT2D eigenvalue weighted by Crippen LogP contribution is -2.11. The number of aromatic nitrogens is 1. The quantitative estimate of drug-likeness (QED) is 0.230. The topological polar surface area (TPSA) is 32.0 Å². The molecule has 6 aromatic carbocycles. The molecule has 0 bridgehead atoms. The van der Waals surface area contributed by atoms with Crippen LogP contribution < -0.4 is 4.90 Å². The number of nitrogens with zero attached hydrogens (tertiary/aromatic N) is 3. The summed E-state index contributed by atoms with van der Waals surface area (Å²) in [4.78, 5) is 2.32. The molecule has 7 rings (SSSR count). The van der Waals surface area contributed by atoms with Gasteiger partial charge in [0, 0.05) is 33.4 Å². The van der Waals surface area contributed by atoms with E-state index in [0.29, 0.717) is 5.56 Å². The van der Waals surface area contributed by atoms with E-state index in [9.17, 15) is 5.26 Å². The maximum Gasteiger partial charge on any atom is 0.0991 e. The standard InChI is InChI=1S/C37H25N3/c38-26-27-20-22-28(23-21-27)33-24-37-34(32-18-10-11-19-35(32)40(37)31-16-8-3-9-17-31)25-36(33)39(29-12-4-1-5-13-29)30-14-6-2-7-15-30/h1-25H. The molecule has 0 saturated heterocycles. The van der Waals surface area contributed by atoms with E-state index in [4.69, 9.17) is 0 Å². The second-order valence-electron chi connectivity index (χ2n) is 9.77. The molecule has 0 unspecified atom stereocenters. The summed E-state index contributed by atoms with van der Waals surface area (Å²) in [6.45, 7) is 0. The summed E-state index contributed by atoms with van der Waals surface area (Å²) in [6, 6.07) is 54.9. The van der Waals surface area contributed by atoms with Gasteiger partial charge in [-0.3, -0.25) is 0 Å². The fourth-order valence-corrected chi connectivity index (χ4v) is 5.58. The van der Waals surface area contributed by atoms with Crippen molar-refractivity contribution in [3.05, 3.63) is 157 Å². The van der Waals surface area contributed by atoms with E-state index in [0.717, 1.165) is 44.9 Å². The van der Waals surface area contributed by atoms with Crippen molar-refractivity contribution in [2.24, 2.45) is 0 Å². The Morgan fingerprint density at radius 3 is 1.73 bits per heavy atom. The first-order valence-electron chi connectivity index (χ1n) is 13.4. The average Bonchev–Trinajstić information content (AvgIpc) is 3.36. The van der Waals surface area contributed by atoms with Crippen molar-refractivity contribution in [3.63, 3.8) is 0 Å². The van der Waals surface area contributed by atoms with Crippen LogP contribution in [0, 0.1) is 11.3 Å². The van der Waals surface area contributed by atoms with Crippen molar-refractivity contribution in [2.45, 2.75) is 0 Å². The van der Waals surface area contributed by atoms with Crippen molar-refractivity contribution >= 4 is 38.9 Å². The van der Waals surface area contributed by atoms with E-state index in [1.165, 1.54) is 10.8 Å². The second-order valence-corrected chi connectivity index (χ2v) is 9.77. The van der Waals surface area contributed by atoms with Gasteiger partial charge in [0.1, 0.15) is 0 Å². The molecule has 1 aromatic heterocycles. The van der Waals surface area contributed by atoms with E-state index in [1.54, 1.807) is 0 Å². The van der Waals surface area contributed by atoms with Crippen LogP contribution in [0.1, 0.15) is 5.56 Å². The number of para-hydroxylation sites is 4. The van der Waals surface area contributed by atoms with E-state index < -0.39 is 0 Å². The van der Waals surface area contributed by atoms with E-state index in [2.05, 4.69) is 131 Å². The molecular weight excluding hydrogens is 486 g/mol. The van der Waals surface area contributed by atoms with Gasteiger partial charge < -0.3 is 9.47 Å². The molecule has 0 saturated carbocycles. The molecule has 3 heteroatoms. The first-order valence-corrected chi connectivity index (χ1v) is 13.4. The average molecular weight is 512 g/mol. The zero-order chi connectivity index (χ0) is 26.9. The smallest absolute Gasteiger partial charge is 0.0991 e. The van der Waals surface area contributed by atoms with Gasteiger partial charge in [0.2, 0.25) is 0 Å². The third-order valence-corrected chi connectivity index (χ3v) is 7.40. The Morgan fingerprint density at radius 2 is 1.10 bits per heavy atom. The predicted molar refractivity (Wildman–Crippen MR) is 166 cm³/mol. The molecule has 0 amide bonds. The Hall–Kier alpha value is -5.59. The van der Waals surface area contributed by atoms with Gasteiger partial charge in [-0.15, -0.1) is 0 Å². The summed E-state index contributed by atoms with van der Waals surface area (Å²) in [5.41, 5.74) is 9.44. The largest absolute Gasteiger partial charge is 0.310 e. The molecule has 7 aromatic rings. The van der Waals surface area contributed by atoms with Crippen LogP contribution in [0.3, 0.4) is 0 Å². The summed E-state index contributed by atoms with van der Waals surface area (Å²) in [5, 5.41) is 11.8. The highest BCUT2D eigenvalue weighted by atomic mass is 15.1. The number of hydrogen-bond donors (Lipinski definition) is 0. The van der Waals surface area contributed by atoms with Crippen molar-refractivity contribution in [1.82, 2.24) is 4.57 Å². The van der Waals surface area contributed by atoms with Crippen molar-refractivity contribution in [3.8, 4) is 22.9 Å². The number of anilines is 3. The third-order valence-electron chi connectivity index (χ3n) is 7.40.